The van der Waals surface area contributed by atoms with E-state index in [1.807, 2.05) is 0 Å². The lowest BCUT2D eigenvalue weighted by Gasteiger charge is -1.96. The van der Waals surface area contributed by atoms with Crippen LogP contribution in [0.3, 0.4) is 0 Å². The van der Waals surface area contributed by atoms with Gasteiger partial charge in [0.15, 0.2) is 0 Å². The van der Waals surface area contributed by atoms with Gasteiger partial charge in [0.1, 0.15) is 0 Å². The molecule has 0 aromatic rings. The van der Waals surface area contributed by atoms with E-state index >= 15 is 0 Å². The monoisotopic (exact) mass is 216 g/mol. The van der Waals surface area contributed by atoms with Crippen LogP contribution in [0.4, 0.5) is 0 Å². The normalized spacial score (nSPS) is 7.87. The van der Waals surface area contributed by atoms with Crippen molar-refractivity contribution in [3.8, 4) is 0 Å². The summed E-state index contributed by atoms with van der Waals surface area (Å²) in [6.07, 6.45) is 2.77. The molecule has 0 fully saturated rings. The van der Waals surface area contributed by atoms with Crippen LogP contribution in [0.2, 0.25) is 0 Å². The Kier molecular flexibility index (Phi) is 13.0. The summed E-state index contributed by atoms with van der Waals surface area (Å²) in [5.74, 6) is -0.779. The molecule has 0 spiro atoms. The molecule has 6 nitrogen and oxygen atoms in total. The molecule has 0 aliphatic heterocycles. The van der Waals surface area contributed by atoms with Gasteiger partial charge in [-0.3, -0.25) is 14.8 Å². The summed E-state index contributed by atoms with van der Waals surface area (Å²) in [4.78, 5) is 20.1. The van der Waals surface area contributed by atoms with Crippen LogP contribution in [-0.4, -0.2) is 35.3 Å². The van der Waals surface area contributed by atoms with Gasteiger partial charge in [-0.05, 0) is 18.6 Å². The fraction of sp³-hybridized carbons (Fsp3) is 0.333. The molecule has 2 amide bonds. The van der Waals surface area contributed by atoms with Gasteiger partial charge in [-0.2, -0.15) is 0 Å². The van der Waals surface area contributed by atoms with Gasteiger partial charge in [0, 0.05) is 13.2 Å². The third-order valence-electron chi connectivity index (χ3n) is 1.12. The molecule has 0 aliphatic carbocycles. The maximum atomic E-state index is 10.4. The Balaban J connectivity index is 0. The number of aliphatic hydroxyl groups excluding tert-OH is 1. The van der Waals surface area contributed by atoms with Crippen LogP contribution in [0, 0.1) is 0 Å². The zero-order chi connectivity index (χ0) is 12.1. The van der Waals surface area contributed by atoms with Gasteiger partial charge in [-0.1, -0.05) is 13.2 Å². The van der Waals surface area contributed by atoms with Crippen LogP contribution < -0.4 is 10.8 Å². The standard InChI is InChI=1S/C6H11NO2.C3H5NO2/c1-2-6(9)7-4-3-5-8;1-2-3(5)4-6/h2,8H,1,3-5H2,(H,7,9);2,6H,1H2,(H,4,5). The molecule has 0 bridgehead atoms. The molecule has 15 heavy (non-hydrogen) atoms. The Morgan fingerprint density at radius 1 is 1.20 bits per heavy atom. The molecule has 0 rings (SSSR count). The number of carbonyl (C=O) groups is 2. The zero-order valence-corrected chi connectivity index (χ0v) is 8.40. The molecule has 0 radical (unpaired) electrons. The van der Waals surface area contributed by atoms with E-state index in [0.717, 1.165) is 6.08 Å². The second kappa shape index (κ2) is 12.3. The predicted octanol–water partition coefficient (Wildman–Crippen LogP) is -0.651. The Hall–Kier alpha value is -1.66. The molecule has 6 heteroatoms. The van der Waals surface area contributed by atoms with Crippen molar-refractivity contribution in [1.29, 1.82) is 0 Å². The van der Waals surface area contributed by atoms with Gasteiger partial charge in [-0.15, -0.1) is 0 Å². The number of amides is 2. The Morgan fingerprint density at radius 3 is 2.00 bits per heavy atom. The molecular formula is C9H16N2O4. The fourth-order valence-electron chi connectivity index (χ4n) is 0.408. The quantitative estimate of drug-likeness (QED) is 0.212. The number of hydrogen-bond donors (Lipinski definition) is 4. The largest absolute Gasteiger partial charge is 0.396 e. The molecule has 0 atom stereocenters. The molecule has 0 aromatic carbocycles. The number of nitrogens with one attached hydrogen (secondary N) is 2. The van der Waals surface area contributed by atoms with E-state index in [2.05, 4.69) is 18.5 Å². The van der Waals surface area contributed by atoms with E-state index in [0.29, 0.717) is 13.0 Å². The van der Waals surface area contributed by atoms with Gasteiger partial charge in [0.2, 0.25) is 5.91 Å². The van der Waals surface area contributed by atoms with Crippen LogP contribution in [-0.2, 0) is 9.59 Å². The van der Waals surface area contributed by atoms with Crippen LogP contribution in [0.15, 0.2) is 25.3 Å². The Labute approximate surface area is 88.3 Å². The second-order valence-electron chi connectivity index (χ2n) is 2.25. The van der Waals surface area contributed by atoms with E-state index < -0.39 is 5.91 Å². The summed E-state index contributed by atoms with van der Waals surface area (Å²) in [5.41, 5.74) is 1.36. The van der Waals surface area contributed by atoms with Crippen molar-refractivity contribution in [2.75, 3.05) is 13.2 Å². The predicted molar refractivity (Wildman–Crippen MR) is 55.0 cm³/mol. The molecule has 0 aliphatic rings. The van der Waals surface area contributed by atoms with Crippen molar-refractivity contribution >= 4 is 11.8 Å². The molecular weight excluding hydrogens is 200 g/mol. The smallest absolute Gasteiger partial charge is 0.266 e. The highest BCUT2D eigenvalue weighted by molar-refractivity contribution is 5.86. The summed E-state index contributed by atoms with van der Waals surface area (Å²) in [6.45, 7) is 6.95. The van der Waals surface area contributed by atoms with Gasteiger partial charge >= 0.3 is 0 Å². The van der Waals surface area contributed by atoms with Crippen molar-refractivity contribution in [3.05, 3.63) is 25.3 Å². The van der Waals surface area contributed by atoms with Gasteiger partial charge < -0.3 is 10.4 Å². The third kappa shape index (κ3) is 15.1. The van der Waals surface area contributed by atoms with E-state index in [1.165, 1.54) is 11.6 Å². The average Bonchev–Trinajstić information content (AvgIpc) is 2.28. The lowest BCUT2D eigenvalue weighted by atomic mass is 10.4. The molecule has 4 N–H and O–H groups in total. The van der Waals surface area contributed by atoms with E-state index in [9.17, 15) is 9.59 Å². The van der Waals surface area contributed by atoms with Crippen LogP contribution in [0.1, 0.15) is 6.42 Å². The van der Waals surface area contributed by atoms with E-state index in [4.69, 9.17) is 10.3 Å². The minimum Gasteiger partial charge on any atom is -0.396 e. The van der Waals surface area contributed by atoms with Crippen molar-refractivity contribution in [2.45, 2.75) is 6.42 Å². The van der Waals surface area contributed by atoms with Crippen LogP contribution in [0.5, 0.6) is 0 Å². The molecule has 0 saturated heterocycles. The first-order valence-corrected chi connectivity index (χ1v) is 4.20. The number of rotatable bonds is 5. The Morgan fingerprint density at radius 2 is 1.73 bits per heavy atom. The summed E-state index contributed by atoms with van der Waals surface area (Å²) >= 11 is 0. The van der Waals surface area contributed by atoms with Crippen molar-refractivity contribution < 1.29 is 19.9 Å². The average molecular weight is 216 g/mol. The number of carbonyl (C=O) groups excluding carboxylic acids is 2. The highest BCUT2D eigenvalue weighted by Gasteiger charge is 1.89. The van der Waals surface area contributed by atoms with E-state index in [-0.39, 0.29) is 12.5 Å². The highest BCUT2D eigenvalue weighted by Crippen LogP contribution is 1.72. The molecule has 0 heterocycles. The summed E-state index contributed by atoms with van der Waals surface area (Å²) < 4.78 is 0. The summed E-state index contributed by atoms with van der Waals surface area (Å²) in [6, 6.07) is 0. The van der Waals surface area contributed by atoms with Gasteiger partial charge in [-0.25, -0.2) is 5.48 Å². The summed E-state index contributed by atoms with van der Waals surface area (Å²) in [7, 11) is 0. The lowest BCUT2D eigenvalue weighted by Crippen LogP contribution is -2.22. The minimum atomic E-state index is -0.588. The van der Waals surface area contributed by atoms with Crippen LogP contribution >= 0.6 is 0 Å². The van der Waals surface area contributed by atoms with Crippen molar-refractivity contribution in [3.63, 3.8) is 0 Å². The first kappa shape index (κ1) is 15.8. The molecule has 0 aromatic heterocycles. The topological polar surface area (TPSA) is 98.7 Å². The molecule has 86 valence electrons. The SMILES string of the molecule is C=CC(=O)NCCCO.C=CC(=O)NO. The van der Waals surface area contributed by atoms with E-state index in [1.54, 1.807) is 0 Å². The maximum absolute atomic E-state index is 10.4. The van der Waals surface area contributed by atoms with Crippen LogP contribution in [0.25, 0.3) is 0 Å². The second-order valence-corrected chi connectivity index (χ2v) is 2.25. The third-order valence-corrected chi connectivity index (χ3v) is 1.12. The molecule has 0 saturated carbocycles. The first-order chi connectivity index (χ1) is 7.12. The number of aliphatic hydroxyl groups is 1. The fourth-order valence-corrected chi connectivity index (χ4v) is 0.408. The first-order valence-electron chi connectivity index (χ1n) is 4.20. The van der Waals surface area contributed by atoms with Gasteiger partial charge in [0.25, 0.3) is 5.91 Å². The maximum Gasteiger partial charge on any atom is 0.266 e. The van der Waals surface area contributed by atoms with Gasteiger partial charge in [0.05, 0.1) is 0 Å². The van der Waals surface area contributed by atoms with Crippen molar-refractivity contribution in [1.82, 2.24) is 10.8 Å². The summed E-state index contributed by atoms with van der Waals surface area (Å²) in [5, 5.41) is 18.5. The zero-order valence-electron chi connectivity index (χ0n) is 8.40. The number of hydrogen-bond acceptors (Lipinski definition) is 4. The lowest BCUT2D eigenvalue weighted by molar-refractivity contribution is -0.124. The molecule has 0 unspecified atom stereocenters. The minimum absolute atomic E-state index is 0.109. The number of hydroxylamine groups is 1. The van der Waals surface area contributed by atoms with Crippen molar-refractivity contribution in [2.24, 2.45) is 0 Å². The Bertz CT molecular complexity index is 216. The highest BCUT2D eigenvalue weighted by atomic mass is 16.5.